The van der Waals surface area contributed by atoms with E-state index in [1.54, 1.807) is 26.2 Å². The van der Waals surface area contributed by atoms with Gasteiger partial charge in [-0.1, -0.05) is 13.3 Å². The lowest BCUT2D eigenvalue weighted by atomic mass is 10.3. The third-order valence-corrected chi connectivity index (χ3v) is 6.50. The van der Waals surface area contributed by atoms with Gasteiger partial charge in [0, 0.05) is 34.4 Å². The van der Waals surface area contributed by atoms with E-state index in [2.05, 4.69) is 11.8 Å². The summed E-state index contributed by atoms with van der Waals surface area (Å²) in [5.41, 5.74) is 0. The second-order valence-corrected chi connectivity index (χ2v) is 7.83. The van der Waals surface area contributed by atoms with Crippen molar-refractivity contribution >= 4 is 8.80 Å². The average Bonchev–Trinajstić information content (AvgIpc) is 2.44. The molecule has 1 heterocycles. The van der Waals surface area contributed by atoms with Gasteiger partial charge in [0.1, 0.15) is 0 Å². The van der Waals surface area contributed by atoms with Crippen LogP contribution in [0.5, 0.6) is 0 Å². The van der Waals surface area contributed by atoms with E-state index < -0.39 is 8.80 Å². The summed E-state index contributed by atoms with van der Waals surface area (Å²) in [6.45, 7) is 8.24. The van der Waals surface area contributed by atoms with Crippen LogP contribution in [0.3, 0.4) is 0 Å². The Hall–Kier alpha value is 0.0169. The first-order chi connectivity index (χ1) is 8.69. The Morgan fingerprint density at radius 3 is 2.06 bits per heavy atom. The van der Waals surface area contributed by atoms with E-state index in [0.717, 1.165) is 19.3 Å². The Balaban J connectivity index is 2.34. The molecule has 0 bridgehead atoms. The highest BCUT2D eigenvalue weighted by atomic mass is 28.4. The fraction of sp³-hybridized carbons (Fsp3) is 1.00. The molecule has 0 saturated carbocycles. The summed E-state index contributed by atoms with van der Waals surface area (Å²) >= 11 is 0. The standard InChI is InChI=1S/C12H28N2O3Si/c1-5-6-7-13-8-10-14(11-9-13)12-18(15-2,16-3)17-4/h5-12H2,1-4H3/p+1. The molecule has 1 saturated heterocycles. The Morgan fingerprint density at radius 1 is 1.06 bits per heavy atom. The van der Waals surface area contributed by atoms with Gasteiger partial charge in [0.15, 0.2) is 0 Å². The topological polar surface area (TPSA) is 35.4 Å². The lowest BCUT2D eigenvalue weighted by molar-refractivity contribution is -0.904. The van der Waals surface area contributed by atoms with E-state index in [1.165, 1.54) is 32.5 Å². The van der Waals surface area contributed by atoms with Crippen molar-refractivity contribution in [1.82, 2.24) is 4.90 Å². The molecule has 108 valence electrons. The number of hydrogen-bond donors (Lipinski definition) is 1. The second-order valence-electron chi connectivity index (χ2n) is 4.93. The molecule has 0 radical (unpaired) electrons. The highest BCUT2D eigenvalue weighted by molar-refractivity contribution is 6.60. The summed E-state index contributed by atoms with van der Waals surface area (Å²) < 4.78 is 16.4. The monoisotopic (exact) mass is 277 g/mol. The largest absolute Gasteiger partial charge is 0.514 e. The normalized spacial score (nSPS) is 19.3. The number of piperazine rings is 1. The van der Waals surface area contributed by atoms with Crippen molar-refractivity contribution in [2.45, 2.75) is 19.8 Å². The summed E-state index contributed by atoms with van der Waals surface area (Å²) in [7, 11) is 2.61. The molecule has 0 spiro atoms. The predicted molar refractivity (Wildman–Crippen MR) is 73.7 cm³/mol. The highest BCUT2D eigenvalue weighted by Crippen LogP contribution is 2.08. The number of hydrogen-bond acceptors (Lipinski definition) is 4. The third kappa shape index (κ3) is 4.60. The molecule has 1 N–H and O–H groups in total. The molecule has 0 aromatic rings. The summed E-state index contributed by atoms with van der Waals surface area (Å²) in [6, 6.07) is 0. The maximum Gasteiger partial charge on any atom is 0.514 e. The minimum absolute atomic E-state index is 0.803. The Kier molecular flexibility index (Phi) is 7.36. The molecule has 1 fully saturated rings. The molecule has 5 nitrogen and oxygen atoms in total. The quantitative estimate of drug-likeness (QED) is 0.601. The number of quaternary nitrogens is 1. The zero-order chi connectivity index (χ0) is 13.4. The summed E-state index contributed by atoms with van der Waals surface area (Å²) in [5.74, 6) is 0. The minimum atomic E-state index is -2.44. The maximum atomic E-state index is 5.48. The molecule has 1 aliphatic heterocycles. The van der Waals surface area contributed by atoms with Crippen molar-refractivity contribution < 1.29 is 18.2 Å². The summed E-state index contributed by atoms with van der Waals surface area (Å²) in [6.07, 6.45) is 3.43. The van der Waals surface area contributed by atoms with Crippen molar-refractivity contribution in [3.8, 4) is 0 Å². The molecule has 1 rings (SSSR count). The van der Waals surface area contributed by atoms with Crippen LogP contribution in [0.25, 0.3) is 0 Å². The van der Waals surface area contributed by atoms with E-state index in [9.17, 15) is 0 Å². The van der Waals surface area contributed by atoms with Crippen molar-refractivity contribution in [3.05, 3.63) is 0 Å². The molecule has 0 atom stereocenters. The molecule has 0 aromatic carbocycles. The lowest BCUT2D eigenvalue weighted by Crippen LogP contribution is -3.14. The van der Waals surface area contributed by atoms with Crippen molar-refractivity contribution in [2.75, 3.05) is 60.2 Å². The van der Waals surface area contributed by atoms with Gasteiger partial charge in [-0.2, -0.15) is 0 Å². The Bertz CT molecular complexity index is 211. The molecule has 0 aromatic heterocycles. The van der Waals surface area contributed by atoms with Gasteiger partial charge in [0.05, 0.1) is 25.8 Å². The molecule has 0 amide bonds. The van der Waals surface area contributed by atoms with Crippen LogP contribution in [0.4, 0.5) is 0 Å². The van der Waals surface area contributed by atoms with Gasteiger partial charge < -0.3 is 18.2 Å². The predicted octanol–water partition coefficient (Wildman–Crippen LogP) is -0.596. The van der Waals surface area contributed by atoms with Crippen molar-refractivity contribution in [2.24, 2.45) is 0 Å². The number of unbranched alkanes of at least 4 members (excludes halogenated alkanes) is 1. The summed E-state index contributed by atoms with van der Waals surface area (Å²) in [4.78, 5) is 4.14. The van der Waals surface area contributed by atoms with Gasteiger partial charge in [-0.25, -0.2) is 0 Å². The smallest absolute Gasteiger partial charge is 0.376 e. The second kappa shape index (κ2) is 8.24. The van der Waals surface area contributed by atoms with Gasteiger partial charge in [-0.3, -0.25) is 4.90 Å². The number of rotatable bonds is 8. The van der Waals surface area contributed by atoms with Crippen LogP contribution in [0.2, 0.25) is 0 Å². The van der Waals surface area contributed by atoms with Crippen LogP contribution in [-0.4, -0.2) is 73.9 Å². The number of nitrogens with one attached hydrogen (secondary N) is 1. The van der Waals surface area contributed by atoms with Gasteiger partial charge in [0.25, 0.3) is 0 Å². The molecule has 0 unspecified atom stereocenters. The third-order valence-electron chi connectivity index (χ3n) is 3.80. The Labute approximate surface area is 112 Å². The van der Waals surface area contributed by atoms with Crippen molar-refractivity contribution in [3.63, 3.8) is 0 Å². The molecular weight excluding hydrogens is 248 g/mol. The lowest BCUT2D eigenvalue weighted by Gasteiger charge is -2.35. The fourth-order valence-corrected chi connectivity index (χ4v) is 4.17. The average molecular weight is 277 g/mol. The maximum absolute atomic E-state index is 5.48. The minimum Gasteiger partial charge on any atom is -0.376 e. The van der Waals surface area contributed by atoms with Crippen LogP contribution in [0.15, 0.2) is 0 Å². The van der Waals surface area contributed by atoms with Gasteiger partial charge in [0.2, 0.25) is 0 Å². The van der Waals surface area contributed by atoms with Crippen LogP contribution >= 0.6 is 0 Å². The first-order valence-corrected chi connectivity index (χ1v) is 8.84. The van der Waals surface area contributed by atoms with E-state index in [4.69, 9.17) is 13.3 Å². The van der Waals surface area contributed by atoms with Gasteiger partial charge >= 0.3 is 8.80 Å². The molecule has 18 heavy (non-hydrogen) atoms. The molecule has 1 aliphatic rings. The van der Waals surface area contributed by atoms with E-state index in [0.29, 0.717) is 0 Å². The molecule has 6 heteroatoms. The van der Waals surface area contributed by atoms with Crippen LogP contribution in [0.1, 0.15) is 19.8 Å². The van der Waals surface area contributed by atoms with Crippen LogP contribution in [-0.2, 0) is 13.3 Å². The van der Waals surface area contributed by atoms with E-state index in [-0.39, 0.29) is 0 Å². The molecule has 0 aliphatic carbocycles. The molecular formula is C12H29N2O3Si+. The van der Waals surface area contributed by atoms with Crippen LogP contribution in [0, 0.1) is 0 Å². The highest BCUT2D eigenvalue weighted by Gasteiger charge is 2.41. The fourth-order valence-electron chi connectivity index (χ4n) is 2.42. The zero-order valence-corrected chi connectivity index (χ0v) is 13.3. The van der Waals surface area contributed by atoms with Crippen LogP contribution < -0.4 is 4.90 Å². The first-order valence-electron chi connectivity index (χ1n) is 6.91. The summed E-state index contributed by atoms with van der Waals surface area (Å²) in [5, 5.41) is 0. The Morgan fingerprint density at radius 2 is 1.61 bits per heavy atom. The zero-order valence-electron chi connectivity index (χ0n) is 12.3. The van der Waals surface area contributed by atoms with Gasteiger partial charge in [-0.05, 0) is 6.42 Å². The SMILES string of the molecule is CCCC[NH+]1CCN(C[Si](OC)(OC)OC)CC1. The first kappa shape index (κ1) is 16.1. The van der Waals surface area contributed by atoms with E-state index in [1.807, 2.05) is 0 Å². The number of nitrogens with zero attached hydrogens (tertiary/aromatic N) is 1. The van der Waals surface area contributed by atoms with Crippen molar-refractivity contribution in [1.29, 1.82) is 0 Å². The van der Waals surface area contributed by atoms with E-state index >= 15 is 0 Å². The van der Waals surface area contributed by atoms with Gasteiger partial charge in [-0.15, -0.1) is 0 Å².